The second-order valence-corrected chi connectivity index (χ2v) is 2.54. The van der Waals surface area contributed by atoms with Crippen LogP contribution < -0.4 is 0 Å². The van der Waals surface area contributed by atoms with Crippen LogP contribution in [0.1, 0.15) is 11.1 Å². The summed E-state index contributed by atoms with van der Waals surface area (Å²) in [6.07, 6.45) is 0. The fourth-order valence-electron chi connectivity index (χ4n) is 1.04. The molecular formula is C8H9NO4. The van der Waals surface area contributed by atoms with Crippen molar-refractivity contribution in [3.05, 3.63) is 39.4 Å². The van der Waals surface area contributed by atoms with Gasteiger partial charge in [0.25, 0.3) is 5.69 Å². The smallest absolute Gasteiger partial charge is 0.274 e. The predicted octanol–water partition coefficient (Wildman–Crippen LogP) is 0.579. The summed E-state index contributed by atoms with van der Waals surface area (Å²) in [5, 5.41) is 27.9. The van der Waals surface area contributed by atoms with Crippen molar-refractivity contribution in [3.63, 3.8) is 0 Å². The summed E-state index contributed by atoms with van der Waals surface area (Å²) in [6.45, 7) is -0.588. The van der Waals surface area contributed by atoms with Crippen LogP contribution in [0.4, 0.5) is 5.69 Å². The first kappa shape index (κ1) is 9.63. The first-order valence-electron chi connectivity index (χ1n) is 3.67. The van der Waals surface area contributed by atoms with Gasteiger partial charge >= 0.3 is 0 Å². The highest BCUT2D eigenvalue weighted by atomic mass is 16.6. The molecule has 0 saturated carbocycles. The quantitative estimate of drug-likeness (QED) is 0.530. The minimum Gasteiger partial charge on any atom is -0.392 e. The van der Waals surface area contributed by atoms with Crippen LogP contribution in [0.25, 0.3) is 0 Å². The fraction of sp³-hybridized carbons (Fsp3) is 0.250. The number of hydrogen-bond donors (Lipinski definition) is 2. The Morgan fingerprint density at radius 3 is 2.46 bits per heavy atom. The van der Waals surface area contributed by atoms with E-state index in [1.54, 1.807) is 0 Å². The number of nitro groups is 1. The van der Waals surface area contributed by atoms with E-state index < -0.39 is 11.5 Å². The topological polar surface area (TPSA) is 83.6 Å². The van der Waals surface area contributed by atoms with Gasteiger partial charge in [0, 0.05) is 6.07 Å². The molecule has 0 fully saturated rings. The van der Waals surface area contributed by atoms with Gasteiger partial charge in [-0.25, -0.2) is 0 Å². The molecule has 0 aromatic heterocycles. The van der Waals surface area contributed by atoms with Gasteiger partial charge in [0.15, 0.2) is 0 Å². The molecule has 1 aromatic rings. The van der Waals surface area contributed by atoms with E-state index in [1.165, 1.54) is 18.2 Å². The zero-order valence-electron chi connectivity index (χ0n) is 6.80. The van der Waals surface area contributed by atoms with E-state index in [1.807, 2.05) is 0 Å². The minimum atomic E-state index is -0.563. The highest BCUT2D eigenvalue weighted by Gasteiger charge is 2.12. The molecule has 0 spiro atoms. The maximum Gasteiger partial charge on any atom is 0.274 e. The fourth-order valence-corrected chi connectivity index (χ4v) is 1.04. The highest BCUT2D eigenvalue weighted by Crippen LogP contribution is 2.19. The van der Waals surface area contributed by atoms with E-state index in [0.29, 0.717) is 5.56 Å². The van der Waals surface area contributed by atoms with Gasteiger partial charge in [0.05, 0.1) is 23.7 Å². The van der Waals surface area contributed by atoms with Crippen LogP contribution in [0.3, 0.4) is 0 Å². The number of nitro benzene ring substituents is 1. The second kappa shape index (κ2) is 3.97. The monoisotopic (exact) mass is 183 g/mol. The molecular weight excluding hydrogens is 174 g/mol. The Morgan fingerprint density at radius 1 is 1.31 bits per heavy atom. The van der Waals surface area contributed by atoms with Crippen LogP contribution in [0.15, 0.2) is 18.2 Å². The lowest BCUT2D eigenvalue weighted by Crippen LogP contribution is -1.96. The highest BCUT2D eigenvalue weighted by molar-refractivity contribution is 5.42. The Morgan fingerprint density at radius 2 is 2.00 bits per heavy atom. The molecule has 70 valence electrons. The molecule has 0 aliphatic heterocycles. The van der Waals surface area contributed by atoms with Crippen LogP contribution >= 0.6 is 0 Å². The zero-order valence-corrected chi connectivity index (χ0v) is 6.80. The standard InChI is InChI=1S/C8H9NO4/c10-4-6-1-2-8(9(12)13)7(3-6)5-11/h1-3,10-11H,4-5H2. The van der Waals surface area contributed by atoms with Crippen molar-refractivity contribution < 1.29 is 15.1 Å². The summed E-state index contributed by atoms with van der Waals surface area (Å²) in [5.74, 6) is 0. The molecule has 0 heterocycles. The first-order chi connectivity index (χ1) is 6.19. The van der Waals surface area contributed by atoms with Crippen molar-refractivity contribution in [2.45, 2.75) is 13.2 Å². The van der Waals surface area contributed by atoms with Gasteiger partial charge in [-0.15, -0.1) is 0 Å². The lowest BCUT2D eigenvalue weighted by atomic mass is 10.1. The van der Waals surface area contributed by atoms with Crippen LogP contribution in [-0.2, 0) is 13.2 Å². The third kappa shape index (κ3) is 2.01. The van der Waals surface area contributed by atoms with Crippen molar-refractivity contribution in [1.29, 1.82) is 0 Å². The van der Waals surface area contributed by atoms with Crippen molar-refractivity contribution >= 4 is 5.69 Å². The van der Waals surface area contributed by atoms with E-state index in [9.17, 15) is 10.1 Å². The molecule has 2 N–H and O–H groups in total. The van der Waals surface area contributed by atoms with Crippen LogP contribution in [0, 0.1) is 10.1 Å². The van der Waals surface area contributed by atoms with E-state index in [4.69, 9.17) is 10.2 Å². The molecule has 0 radical (unpaired) electrons. The van der Waals surface area contributed by atoms with Crippen molar-refractivity contribution in [2.75, 3.05) is 0 Å². The lowest BCUT2D eigenvalue weighted by molar-refractivity contribution is -0.385. The molecule has 0 aliphatic rings. The molecule has 5 nitrogen and oxygen atoms in total. The Balaban J connectivity index is 3.15. The first-order valence-corrected chi connectivity index (χ1v) is 3.67. The molecule has 0 saturated heterocycles. The molecule has 0 bridgehead atoms. The Labute approximate surface area is 74.4 Å². The number of hydrogen-bond acceptors (Lipinski definition) is 4. The van der Waals surface area contributed by atoms with Crippen molar-refractivity contribution in [1.82, 2.24) is 0 Å². The summed E-state index contributed by atoms with van der Waals surface area (Å²) in [4.78, 5) is 9.85. The van der Waals surface area contributed by atoms with Gasteiger partial charge in [-0.05, 0) is 17.7 Å². The molecule has 0 atom stereocenters. The van der Waals surface area contributed by atoms with Crippen molar-refractivity contribution in [3.8, 4) is 0 Å². The SMILES string of the molecule is O=[N+]([O-])c1ccc(CO)cc1CO. The molecule has 0 amide bonds. The average Bonchev–Trinajstić information content (AvgIpc) is 2.16. The summed E-state index contributed by atoms with van der Waals surface area (Å²) in [5.41, 5.74) is 0.644. The normalized spacial score (nSPS) is 10.0. The third-order valence-corrected chi connectivity index (χ3v) is 1.69. The van der Waals surface area contributed by atoms with Gasteiger partial charge in [-0.2, -0.15) is 0 Å². The van der Waals surface area contributed by atoms with Crippen LogP contribution in [-0.4, -0.2) is 15.1 Å². The number of aliphatic hydroxyl groups excluding tert-OH is 2. The Bertz CT molecular complexity index is 324. The maximum atomic E-state index is 10.4. The Hall–Kier alpha value is -1.46. The zero-order chi connectivity index (χ0) is 9.84. The summed E-state index contributed by atoms with van der Waals surface area (Å²) < 4.78 is 0. The van der Waals surface area contributed by atoms with Crippen LogP contribution in [0.5, 0.6) is 0 Å². The largest absolute Gasteiger partial charge is 0.392 e. The molecule has 1 aromatic carbocycles. The Kier molecular flexibility index (Phi) is 2.94. The number of nitrogens with zero attached hydrogens (tertiary/aromatic N) is 1. The van der Waals surface area contributed by atoms with E-state index >= 15 is 0 Å². The molecule has 1 rings (SSSR count). The lowest BCUT2D eigenvalue weighted by Gasteiger charge is -2.01. The van der Waals surface area contributed by atoms with Crippen LogP contribution in [0.2, 0.25) is 0 Å². The summed E-state index contributed by atoms with van der Waals surface area (Å²) in [7, 11) is 0. The van der Waals surface area contributed by atoms with E-state index in [2.05, 4.69) is 0 Å². The van der Waals surface area contributed by atoms with Gasteiger partial charge in [-0.1, -0.05) is 0 Å². The average molecular weight is 183 g/mol. The molecule has 0 unspecified atom stereocenters. The molecule has 0 aliphatic carbocycles. The van der Waals surface area contributed by atoms with Gasteiger partial charge in [-0.3, -0.25) is 10.1 Å². The van der Waals surface area contributed by atoms with Crippen molar-refractivity contribution in [2.24, 2.45) is 0 Å². The minimum absolute atomic E-state index is 0.125. The maximum absolute atomic E-state index is 10.4. The second-order valence-electron chi connectivity index (χ2n) is 2.54. The number of benzene rings is 1. The van der Waals surface area contributed by atoms with Gasteiger partial charge < -0.3 is 10.2 Å². The van der Waals surface area contributed by atoms with Gasteiger partial charge in [0.1, 0.15) is 0 Å². The van der Waals surface area contributed by atoms with E-state index in [0.717, 1.165) is 0 Å². The third-order valence-electron chi connectivity index (χ3n) is 1.69. The number of rotatable bonds is 3. The van der Waals surface area contributed by atoms with Gasteiger partial charge in [0.2, 0.25) is 0 Å². The molecule has 5 heteroatoms. The predicted molar refractivity (Wildman–Crippen MR) is 44.9 cm³/mol. The summed E-state index contributed by atoms with van der Waals surface area (Å²) >= 11 is 0. The van der Waals surface area contributed by atoms with E-state index in [-0.39, 0.29) is 17.9 Å². The number of aliphatic hydroxyl groups is 2. The summed E-state index contributed by atoms with van der Waals surface area (Å²) in [6, 6.07) is 4.15. The molecule has 13 heavy (non-hydrogen) atoms.